The van der Waals surface area contributed by atoms with Crippen molar-refractivity contribution in [2.24, 2.45) is 53.1 Å². The third kappa shape index (κ3) is 48.9. The summed E-state index contributed by atoms with van der Waals surface area (Å²) in [6.45, 7) is 43.3. The largest absolute Gasteiger partial charge is 0.508 e. The molecule has 0 aliphatic heterocycles. The smallest absolute Gasteiger partial charge is 0.407 e. The lowest BCUT2D eigenvalue weighted by Crippen LogP contribution is -2.41. The van der Waals surface area contributed by atoms with Crippen LogP contribution in [0.1, 0.15) is 203 Å². The lowest BCUT2D eigenvalue weighted by Gasteiger charge is -2.36. The van der Waals surface area contributed by atoms with Gasteiger partial charge in [-0.05, 0) is 243 Å². The summed E-state index contributed by atoms with van der Waals surface area (Å²) < 4.78 is 86.9. The molecular weight excluding hydrogens is 2050 g/mol. The van der Waals surface area contributed by atoms with Crippen LogP contribution in [-0.2, 0) is 46.4 Å². The average molecular weight is 2210 g/mol. The number of alkyl carbamates (subject to hydrolysis) is 4. The van der Waals surface area contributed by atoms with E-state index in [1.807, 2.05) is 70.2 Å². The minimum absolute atomic E-state index is 0.0573. The molecule has 0 radical (unpaired) electrons. The van der Waals surface area contributed by atoms with Crippen LogP contribution >= 0.6 is 34.2 Å². The number of imidazole rings is 2. The first-order valence-corrected chi connectivity index (χ1v) is 49.6. The van der Waals surface area contributed by atoms with Crippen LogP contribution < -0.4 is 78.4 Å². The number of esters is 1. The second-order valence-corrected chi connectivity index (χ2v) is 40.1. The number of nitrogens with one attached hydrogen (secondary N) is 7. The number of carbonyl (C=O) groups is 7. The molecule has 0 unspecified atom stereocenters. The summed E-state index contributed by atoms with van der Waals surface area (Å²) in [5, 5.41) is 56.1. The van der Waals surface area contributed by atoms with Crippen molar-refractivity contribution in [3.8, 4) is 34.5 Å². The summed E-state index contributed by atoms with van der Waals surface area (Å²) in [4.78, 5) is 140. The highest BCUT2D eigenvalue weighted by Crippen LogP contribution is 2.41. The molecule has 820 valence electrons. The van der Waals surface area contributed by atoms with Gasteiger partial charge in [0.15, 0.2) is 0 Å². The zero-order chi connectivity index (χ0) is 113. The van der Waals surface area contributed by atoms with Crippen molar-refractivity contribution < 1.29 is 111 Å². The zero-order valence-corrected chi connectivity index (χ0v) is 92.2. The molecule has 2 aliphatic rings. The number of alkyl halides is 1. The molecule has 2 fully saturated rings. The number of phenolic OH excluding ortho intramolecular Hbond substituents is 1. The maximum absolute atomic E-state index is 13.8. The highest BCUT2D eigenvalue weighted by molar-refractivity contribution is 14.1. The lowest BCUT2D eigenvalue weighted by molar-refractivity contribution is -0.387. The average Bonchev–Trinajstić information content (AvgIpc) is 1.60. The molecule has 41 nitrogen and oxygen atoms in total. The molecule has 2 aromatic heterocycles. The Morgan fingerprint density at radius 2 is 0.884 bits per heavy atom. The molecule has 12 N–H and O–H groups in total. The highest BCUT2D eigenvalue weighted by atomic mass is 127. The fourth-order valence-corrected chi connectivity index (χ4v) is 15.0. The number of nitro groups is 3. The van der Waals surface area contributed by atoms with E-state index in [0.29, 0.717) is 132 Å². The van der Waals surface area contributed by atoms with Gasteiger partial charge in [0.2, 0.25) is 22.8 Å². The molecule has 147 heavy (non-hydrogen) atoms. The monoisotopic (exact) mass is 2200 g/mol. The van der Waals surface area contributed by atoms with Gasteiger partial charge >= 0.3 is 53.1 Å². The maximum Gasteiger partial charge on any atom is 0.407 e. The summed E-state index contributed by atoms with van der Waals surface area (Å²) in [6, 6.07) is 26.5. The van der Waals surface area contributed by atoms with Crippen LogP contribution in [0.5, 0.6) is 34.5 Å². The highest BCUT2D eigenvalue weighted by Gasteiger charge is 2.39. The minimum Gasteiger partial charge on any atom is -0.508 e. The van der Waals surface area contributed by atoms with Gasteiger partial charge in [-0.15, -0.1) is 0 Å². The molecule has 8 aromatic rings. The van der Waals surface area contributed by atoms with E-state index in [-0.39, 0.29) is 83.1 Å². The Balaban J connectivity index is 0.000000586. The maximum atomic E-state index is 13.8. The summed E-state index contributed by atoms with van der Waals surface area (Å²) in [5.74, 6) is 2.97. The minimum atomic E-state index is -1.03. The van der Waals surface area contributed by atoms with E-state index in [2.05, 4.69) is 83.2 Å². The van der Waals surface area contributed by atoms with Gasteiger partial charge in [0.1, 0.15) is 68.2 Å². The van der Waals surface area contributed by atoms with Crippen molar-refractivity contribution in [3.05, 3.63) is 172 Å². The number of hydrogen-bond acceptors (Lipinski definition) is 30. The fraction of sp³-hybridized carbons (Fsp3) is 0.559. The number of phenols is 1. The number of fused-ring (bicyclic) bond motifs is 2. The Kier molecular flexibility index (Phi) is 54.8. The molecule has 2 saturated carbocycles. The summed E-state index contributed by atoms with van der Waals surface area (Å²) >= 11 is 7.58. The topological polar surface area (TPSA) is 550 Å². The van der Waals surface area contributed by atoms with Crippen LogP contribution in [-0.4, -0.2) is 194 Å². The van der Waals surface area contributed by atoms with E-state index < -0.39 is 90.2 Å². The van der Waals surface area contributed by atoms with Gasteiger partial charge in [-0.1, -0.05) is 77.0 Å². The van der Waals surface area contributed by atoms with Crippen molar-refractivity contribution in [2.75, 3.05) is 103 Å². The third-order valence-electron chi connectivity index (χ3n) is 21.4. The molecule has 0 saturated heterocycles. The SMILES string of the molecule is CC(C)(C)OC(=O)NCCN.CC(C)[C@@H]1CC[C@@H](C)C[C@H]1C(=O)Cl.COc1ccc(N)c(NCCCC(=O)OC(C)(C)C)c1.COc1ccc([N+](=O)[O-])c(F)c1.COc1ccc([N+](=O)[O-])c(NCCNC(=O)OC(C)(C)C)c1.COc1ccc2[nH]c(=O)n(CCNC(=O)OC(C)(C)C)c2c1.COc1ccc2c(c1)n(CCNC(=O)OC(C)(C)C)c(=O)n2C(=O)[C@@H]1C[C@H](C)CC[C@H]1C(C)C.O=[N+]([O-])c1ccc(O)cc1F.[2H]CI. The number of aromatic amines is 1. The fourth-order valence-electron chi connectivity index (χ4n) is 14.7. The Hall–Kier alpha value is -13.0. The van der Waals surface area contributed by atoms with Gasteiger partial charge in [-0.2, -0.15) is 8.78 Å². The number of H-pyrrole nitrogens is 1. The summed E-state index contributed by atoms with van der Waals surface area (Å²) in [5.41, 5.74) is 11.0. The van der Waals surface area contributed by atoms with Gasteiger partial charge < -0.3 is 101 Å². The molecule has 0 spiro atoms. The van der Waals surface area contributed by atoms with E-state index >= 15 is 0 Å². The number of aromatic nitrogens is 4. The Morgan fingerprint density at radius 1 is 0.503 bits per heavy atom. The summed E-state index contributed by atoms with van der Waals surface area (Å²) in [6.07, 6.45) is 5.38. The molecule has 2 heterocycles. The number of halogens is 4. The molecular formula is C102H153ClF2IN15O26. The number of rotatable bonds is 29. The van der Waals surface area contributed by atoms with E-state index in [1.165, 1.54) is 60.5 Å². The van der Waals surface area contributed by atoms with Gasteiger partial charge in [0, 0.05) is 133 Å². The first kappa shape index (κ1) is 128. The molecule has 2 aliphatic carbocycles. The number of nitrogen functional groups attached to an aromatic ring is 1. The van der Waals surface area contributed by atoms with Crippen LogP contribution in [0.4, 0.5) is 62.1 Å². The molecule has 10 rings (SSSR count). The van der Waals surface area contributed by atoms with Crippen molar-refractivity contribution >= 4 is 132 Å². The normalized spacial score (nSPS) is 15.2. The zero-order valence-electron chi connectivity index (χ0n) is 90.2. The number of nitrogens with two attached hydrogens (primary N) is 2. The van der Waals surface area contributed by atoms with E-state index in [0.717, 1.165) is 72.4 Å². The van der Waals surface area contributed by atoms with Crippen molar-refractivity contribution in [2.45, 2.75) is 238 Å². The molecule has 0 bridgehead atoms. The Labute approximate surface area is 878 Å². The van der Waals surface area contributed by atoms with Crippen molar-refractivity contribution in [3.63, 3.8) is 0 Å². The van der Waals surface area contributed by atoms with Crippen LogP contribution in [0.3, 0.4) is 0 Å². The van der Waals surface area contributed by atoms with Gasteiger partial charge in [0.05, 0.1) is 83.8 Å². The quantitative estimate of drug-likeness (QED) is 0.00239. The van der Waals surface area contributed by atoms with E-state index in [9.17, 15) is 82.3 Å². The van der Waals surface area contributed by atoms with Gasteiger partial charge in [-0.3, -0.25) is 53.9 Å². The molecule has 6 atom stereocenters. The number of hydrogen-bond donors (Lipinski definition) is 10. The first-order chi connectivity index (χ1) is 68.9. The van der Waals surface area contributed by atoms with E-state index in [4.69, 9.17) is 72.2 Å². The number of amides is 4. The summed E-state index contributed by atoms with van der Waals surface area (Å²) in [7, 11) is 7.58. The Morgan fingerprint density at radius 3 is 1.32 bits per heavy atom. The predicted molar refractivity (Wildman–Crippen MR) is 572 cm³/mol. The first-order valence-electron chi connectivity index (χ1n) is 48.4. The number of carbonyl (C=O) groups excluding carboxylic acids is 7. The standard InChI is InChI=1S/C26H39N3O5.C15H21N3O4.C15H24N2O3.C14H21N3O5.C11H19ClO.C7H6FNO3.C7H16N2O2.C6H4FNO3.CH3I/c1-16(2)19-10-8-17(3)14-20(19)23(30)29-21-11-9-18(33-7)15-22(21)28(25(29)32)13-12-27-24(31)34-26(4,5)6;1-15(2,3)22-14(20)16-7-8-18-12-9-10(21-4)5-6-11(12)17-13(18)19;1-15(2,3)20-14(18)6-5-9-17-13-10-11(19-4)7-8-12(13)16;1-14(2,3)22-13(18)16-8-7-15-11-9-10(21-4)5-6-12(11)17(19)20;1-7(2)9-5-4-8(3)6-10(9)11(12)13;1-12-5-2-3-7(9(10)11)6(8)4-5;1-7(2,3)11-6(10)9-5-4-8;7-5-3-4(9)1-2-6(5)8(10)11;1-2/h9,11,15-17,19-20H,8,10,12-14H2,1-7H3,(H,27,31);5-6,9H,7-8H2,1-4H3,(H,16,20)(H,17,19);7-8,10,17H,5-6,9,16H2,1-4H3;5-6,9,15H,7-8H2,1-4H3,(H,16,18);7-10H,4-6H2,1-3H3;2-4H,1H3;4-5,8H2,1-3H3,(H,9,10);1-3,9H;1H3/t17-,19+,20-;;;;8-,9+,10-;;;;/m1...1..../s1/i;;;;;;;;1D. The van der Waals surface area contributed by atoms with Crippen molar-refractivity contribution in [1.29, 1.82) is 0 Å². The molecule has 45 heteroatoms. The number of ether oxygens (including phenoxy) is 10. The second kappa shape index (κ2) is 62.9. The number of methoxy groups -OCH3 is 5. The number of nitrogens with zero attached hydrogens (tertiary/aromatic N) is 6. The Bertz CT molecular complexity index is 5710. The van der Waals surface area contributed by atoms with Crippen LogP contribution in [0.15, 0.2) is 119 Å². The number of aromatic hydroxyl groups is 1. The number of anilines is 3. The van der Waals surface area contributed by atoms with Gasteiger partial charge in [0.25, 0.3) is 5.69 Å². The molecule has 6 aromatic carbocycles. The van der Waals surface area contributed by atoms with E-state index in [1.54, 1.807) is 137 Å². The van der Waals surface area contributed by atoms with Gasteiger partial charge in [-0.25, -0.2) is 33.3 Å². The predicted octanol–water partition coefficient (Wildman–Crippen LogP) is 20.1. The molecule has 4 amide bonds. The number of nitro benzene ring substituents is 3. The number of benzene rings is 6. The van der Waals surface area contributed by atoms with Crippen molar-refractivity contribution in [1.82, 2.24) is 40.0 Å². The lowest BCUT2D eigenvalue weighted by atomic mass is 9.69. The van der Waals surface area contributed by atoms with Crippen LogP contribution in [0, 0.1) is 89.3 Å². The third-order valence-corrected chi connectivity index (χ3v) is 21.6. The second-order valence-electron chi connectivity index (χ2n) is 39.7. The van der Waals surface area contributed by atoms with Crippen LogP contribution in [0.25, 0.3) is 22.1 Å². The van der Waals surface area contributed by atoms with Crippen LogP contribution in [0.2, 0.25) is 0 Å².